The second-order valence-corrected chi connectivity index (χ2v) is 20.9. The van der Waals surface area contributed by atoms with Gasteiger partial charge in [-0.2, -0.15) is 0 Å². The summed E-state index contributed by atoms with van der Waals surface area (Å²) in [6.07, 6.45) is 0. The van der Waals surface area contributed by atoms with Crippen molar-refractivity contribution in [2.24, 2.45) is 0 Å². The van der Waals surface area contributed by atoms with Crippen LogP contribution in [0.5, 0.6) is 23.0 Å². The molecule has 0 fully saturated rings. The predicted octanol–water partition coefficient (Wildman–Crippen LogP) is 19.3. The van der Waals surface area contributed by atoms with Gasteiger partial charge in [-0.15, -0.1) is 0 Å². The van der Waals surface area contributed by atoms with Gasteiger partial charge in [0.2, 0.25) is 0 Å². The molecule has 0 bridgehead atoms. The molecule has 2 aliphatic heterocycles. The van der Waals surface area contributed by atoms with Crippen molar-refractivity contribution in [1.29, 1.82) is 0 Å². The highest BCUT2D eigenvalue weighted by Gasteiger charge is 2.53. The molecule has 0 N–H and O–H groups in total. The Balaban J connectivity index is 0.938. The van der Waals surface area contributed by atoms with Gasteiger partial charge in [-0.05, 0) is 116 Å². The van der Waals surface area contributed by atoms with E-state index in [9.17, 15) is 0 Å². The first kappa shape index (κ1) is 43.1. The van der Waals surface area contributed by atoms with E-state index in [0.29, 0.717) is 0 Å². The fourth-order valence-corrected chi connectivity index (χ4v) is 14.3. The van der Waals surface area contributed by atoms with Crippen LogP contribution in [0.15, 0.2) is 277 Å². The van der Waals surface area contributed by atoms with Crippen LogP contribution in [-0.4, -0.2) is 0 Å². The van der Waals surface area contributed by atoms with Gasteiger partial charge in [-0.3, -0.25) is 0 Å². The maximum atomic E-state index is 6.79. The van der Waals surface area contributed by atoms with Gasteiger partial charge < -0.3 is 18.8 Å². The Hall–Kier alpha value is -10.2. The maximum Gasteiger partial charge on any atom is 0.136 e. The van der Waals surface area contributed by atoms with E-state index in [-0.39, 0.29) is 0 Å². The number of fused-ring (bicyclic) bond motifs is 21. The van der Waals surface area contributed by atoms with Crippen molar-refractivity contribution in [2.75, 3.05) is 4.90 Å². The lowest BCUT2D eigenvalue weighted by Crippen LogP contribution is -2.32. The summed E-state index contributed by atoms with van der Waals surface area (Å²) in [6.45, 7) is 0. The van der Waals surface area contributed by atoms with Crippen molar-refractivity contribution in [1.82, 2.24) is 0 Å². The van der Waals surface area contributed by atoms with Crippen molar-refractivity contribution >= 4 is 39.0 Å². The maximum absolute atomic E-state index is 6.79. The van der Waals surface area contributed by atoms with Gasteiger partial charge in [0.1, 0.15) is 34.2 Å². The number of furan rings is 1. The second-order valence-electron chi connectivity index (χ2n) is 20.9. The number of para-hydroxylation sites is 6. The molecule has 0 radical (unpaired) electrons. The molecule has 12 aromatic carbocycles. The average Bonchev–Trinajstić information content (AvgIpc) is 3.56. The number of hydrogen-bond donors (Lipinski definition) is 0. The number of ether oxygens (including phenoxy) is 2. The van der Waals surface area contributed by atoms with Gasteiger partial charge in [-0.1, -0.05) is 212 Å². The van der Waals surface area contributed by atoms with E-state index in [1.807, 2.05) is 6.07 Å². The van der Waals surface area contributed by atoms with Crippen LogP contribution in [0.4, 0.5) is 17.1 Å². The Labute approximate surface area is 451 Å². The third-order valence-corrected chi connectivity index (χ3v) is 17.2. The van der Waals surface area contributed by atoms with Gasteiger partial charge in [0.15, 0.2) is 0 Å². The molecule has 0 atom stereocenters. The Morgan fingerprint density at radius 1 is 0.269 bits per heavy atom. The van der Waals surface area contributed by atoms with E-state index in [4.69, 9.17) is 13.9 Å². The van der Waals surface area contributed by atoms with E-state index < -0.39 is 10.8 Å². The van der Waals surface area contributed by atoms with Crippen LogP contribution in [0.3, 0.4) is 0 Å². The zero-order valence-corrected chi connectivity index (χ0v) is 42.2. The van der Waals surface area contributed by atoms with E-state index in [2.05, 4.69) is 272 Å². The number of benzene rings is 12. The first-order valence-corrected chi connectivity index (χ1v) is 26.8. The third kappa shape index (κ3) is 5.62. The molecule has 78 heavy (non-hydrogen) atoms. The van der Waals surface area contributed by atoms with Crippen molar-refractivity contribution in [3.05, 3.63) is 317 Å². The molecular weight excluding hydrogens is 951 g/mol. The summed E-state index contributed by atoms with van der Waals surface area (Å²) in [5.74, 6) is 3.49. The van der Waals surface area contributed by atoms with Crippen LogP contribution >= 0.6 is 0 Å². The van der Waals surface area contributed by atoms with Gasteiger partial charge >= 0.3 is 0 Å². The van der Waals surface area contributed by atoms with Crippen molar-refractivity contribution in [3.63, 3.8) is 0 Å². The average molecular weight is 996 g/mol. The predicted molar refractivity (Wildman–Crippen MR) is 314 cm³/mol. The number of rotatable bonds is 5. The molecule has 2 spiro atoms. The largest absolute Gasteiger partial charge is 0.457 e. The molecule has 0 unspecified atom stereocenters. The van der Waals surface area contributed by atoms with E-state index in [1.54, 1.807) is 0 Å². The number of anilines is 3. The molecular formula is C74H45NO3. The second kappa shape index (κ2) is 16.2. The Morgan fingerprint density at radius 3 is 1.29 bits per heavy atom. The Morgan fingerprint density at radius 2 is 0.679 bits per heavy atom. The van der Waals surface area contributed by atoms with Gasteiger partial charge in [0, 0.05) is 49.8 Å². The van der Waals surface area contributed by atoms with E-state index in [0.717, 1.165) is 107 Å². The molecule has 0 amide bonds. The monoisotopic (exact) mass is 995 g/mol. The first-order valence-electron chi connectivity index (χ1n) is 26.8. The van der Waals surface area contributed by atoms with E-state index >= 15 is 0 Å². The van der Waals surface area contributed by atoms with Crippen LogP contribution in [0, 0.1) is 0 Å². The van der Waals surface area contributed by atoms with E-state index in [1.165, 1.54) is 44.5 Å². The lowest BCUT2D eigenvalue weighted by atomic mass is 9.66. The molecule has 4 heteroatoms. The molecule has 3 heterocycles. The standard InChI is InChI=1S/C74H45NO3/c1-5-26-54-51(21-1)70-50(25-17-32-60(70)73(54)56-28-7-13-37-65(56)77-66-38-14-8-29-57(66)73)49-20-3-11-34-62(49)75(47-44-42-46(43-45-47)48-24-18-41-69-71(48)53-23-4-12-36-64(53)76-69)63-35-19-33-61-72(63)52-22-2-6-27-55(52)74(61)58-30-9-15-39-67(58)78-68-40-16-10-31-59(68)74/h1-45H. The van der Waals surface area contributed by atoms with Crippen LogP contribution in [-0.2, 0) is 10.8 Å². The zero-order chi connectivity index (χ0) is 51.1. The summed E-state index contributed by atoms with van der Waals surface area (Å²) < 4.78 is 20.0. The summed E-state index contributed by atoms with van der Waals surface area (Å²) >= 11 is 0. The molecule has 0 saturated carbocycles. The zero-order valence-electron chi connectivity index (χ0n) is 42.2. The molecule has 4 aliphatic rings. The van der Waals surface area contributed by atoms with Crippen molar-refractivity contribution < 1.29 is 13.9 Å². The molecule has 13 aromatic rings. The Kier molecular flexibility index (Phi) is 8.94. The minimum absolute atomic E-state index is 0.615. The van der Waals surface area contributed by atoms with Gasteiger partial charge in [-0.25, -0.2) is 0 Å². The molecule has 2 aliphatic carbocycles. The summed E-state index contributed by atoms with van der Waals surface area (Å²) in [5, 5.41) is 2.23. The van der Waals surface area contributed by atoms with Gasteiger partial charge in [0.05, 0.1) is 22.2 Å². The van der Waals surface area contributed by atoms with Crippen molar-refractivity contribution in [3.8, 4) is 67.5 Å². The molecule has 4 nitrogen and oxygen atoms in total. The van der Waals surface area contributed by atoms with Crippen LogP contribution < -0.4 is 14.4 Å². The molecule has 17 rings (SSSR count). The van der Waals surface area contributed by atoms with Gasteiger partial charge in [0.25, 0.3) is 0 Å². The minimum atomic E-state index is -0.650. The molecule has 0 saturated heterocycles. The highest BCUT2D eigenvalue weighted by Crippen LogP contribution is 2.66. The van der Waals surface area contributed by atoms with Crippen LogP contribution in [0.25, 0.3) is 66.4 Å². The first-order chi connectivity index (χ1) is 38.7. The SMILES string of the molecule is c1ccc2c(c1)Oc1ccccc1C21c2ccccc2-c2c(-c3ccccc3N(c3ccc(-c4cccc5oc6ccccc6c45)cc3)c3cccc4c3-c3ccccc3C43c4ccccc4Oc4ccccc43)cccc21. The van der Waals surface area contributed by atoms with Crippen LogP contribution in [0.1, 0.15) is 44.5 Å². The quantitative estimate of drug-likeness (QED) is 0.172. The Bertz CT molecular complexity index is 4570. The third-order valence-electron chi connectivity index (χ3n) is 17.2. The van der Waals surface area contributed by atoms with Crippen molar-refractivity contribution in [2.45, 2.75) is 10.8 Å². The number of hydrogen-bond acceptors (Lipinski definition) is 4. The van der Waals surface area contributed by atoms with Crippen LogP contribution in [0.2, 0.25) is 0 Å². The summed E-state index contributed by atoms with van der Waals surface area (Å²) in [5.41, 5.74) is 22.5. The molecule has 364 valence electrons. The smallest absolute Gasteiger partial charge is 0.136 e. The summed E-state index contributed by atoms with van der Waals surface area (Å²) in [6, 6.07) is 99.3. The number of nitrogens with zero attached hydrogens (tertiary/aromatic N) is 1. The minimum Gasteiger partial charge on any atom is -0.457 e. The molecule has 1 aromatic heterocycles. The topological polar surface area (TPSA) is 34.8 Å². The fraction of sp³-hybridized carbons (Fsp3) is 0.0270. The highest BCUT2D eigenvalue weighted by atomic mass is 16.5. The summed E-state index contributed by atoms with van der Waals surface area (Å²) in [7, 11) is 0. The highest BCUT2D eigenvalue weighted by molar-refractivity contribution is 6.12. The fourth-order valence-electron chi connectivity index (χ4n) is 14.3. The summed E-state index contributed by atoms with van der Waals surface area (Å²) in [4.78, 5) is 2.52. The lowest BCUT2D eigenvalue weighted by molar-refractivity contribution is 0.436. The normalized spacial score (nSPS) is 14.1. The lowest BCUT2D eigenvalue weighted by Gasteiger charge is -2.39.